The summed E-state index contributed by atoms with van der Waals surface area (Å²) in [6, 6.07) is 10.4. The van der Waals surface area contributed by atoms with Gasteiger partial charge in [-0.25, -0.2) is 4.98 Å². The Bertz CT molecular complexity index is 1000. The molecule has 0 fully saturated rings. The van der Waals surface area contributed by atoms with Crippen molar-refractivity contribution in [1.82, 2.24) is 19.7 Å². The van der Waals surface area contributed by atoms with Crippen molar-refractivity contribution in [3.05, 3.63) is 63.7 Å². The maximum absolute atomic E-state index is 12.6. The summed E-state index contributed by atoms with van der Waals surface area (Å²) in [7, 11) is 3.87. The van der Waals surface area contributed by atoms with Gasteiger partial charge in [0, 0.05) is 43.2 Å². The minimum atomic E-state index is -0.280. The Morgan fingerprint density at radius 3 is 2.42 bits per heavy atom. The van der Waals surface area contributed by atoms with Gasteiger partial charge in [0.25, 0.3) is 11.5 Å². The van der Waals surface area contributed by atoms with E-state index >= 15 is 0 Å². The molecule has 3 aromatic rings. The Kier molecular flexibility index (Phi) is 4.57. The van der Waals surface area contributed by atoms with Gasteiger partial charge in [-0.2, -0.15) is 9.78 Å². The fourth-order valence-corrected chi connectivity index (χ4v) is 2.51. The summed E-state index contributed by atoms with van der Waals surface area (Å²) in [6.45, 7) is 3.52. The molecule has 8 heteroatoms. The first-order valence-corrected chi connectivity index (χ1v) is 8.07. The highest BCUT2D eigenvalue weighted by Gasteiger charge is 2.14. The smallest absolute Gasteiger partial charge is 0.256 e. The van der Waals surface area contributed by atoms with Crippen LogP contribution in [0.15, 0.2) is 41.2 Å². The van der Waals surface area contributed by atoms with E-state index in [9.17, 15) is 9.59 Å². The van der Waals surface area contributed by atoms with Crippen LogP contribution in [0.25, 0.3) is 5.95 Å². The van der Waals surface area contributed by atoms with E-state index < -0.39 is 0 Å². The number of nitrogens with zero attached hydrogens (tertiary/aromatic N) is 4. The molecular formula is C18H20N6O2. The zero-order valence-electron chi connectivity index (χ0n) is 15.1. The van der Waals surface area contributed by atoms with Crippen molar-refractivity contribution in [3.8, 4) is 5.95 Å². The first kappa shape index (κ1) is 17.4. The lowest BCUT2D eigenvalue weighted by atomic mass is 10.2. The normalized spacial score (nSPS) is 10.6. The number of H-pyrrole nitrogens is 1. The fraction of sp³-hybridized carbons (Fsp3) is 0.222. The topological polar surface area (TPSA) is 95.9 Å². The number of hydrogen-bond donors (Lipinski definition) is 2. The summed E-state index contributed by atoms with van der Waals surface area (Å²) in [6.07, 6.45) is 0. The summed E-state index contributed by atoms with van der Waals surface area (Å²) in [4.78, 5) is 33.1. The molecule has 0 aliphatic rings. The fourth-order valence-electron chi connectivity index (χ4n) is 2.51. The number of aromatic nitrogens is 4. The van der Waals surface area contributed by atoms with Gasteiger partial charge in [0.1, 0.15) is 5.82 Å². The van der Waals surface area contributed by atoms with Crippen LogP contribution in [0.1, 0.15) is 21.7 Å². The van der Waals surface area contributed by atoms with Crippen LogP contribution in [0.2, 0.25) is 0 Å². The van der Waals surface area contributed by atoms with Gasteiger partial charge >= 0.3 is 0 Å². The Morgan fingerprint density at radius 2 is 1.81 bits per heavy atom. The van der Waals surface area contributed by atoms with E-state index in [-0.39, 0.29) is 17.4 Å². The molecule has 8 nitrogen and oxygen atoms in total. The molecule has 0 radical (unpaired) electrons. The van der Waals surface area contributed by atoms with Crippen molar-refractivity contribution in [1.29, 1.82) is 0 Å². The molecule has 0 atom stereocenters. The number of carbonyl (C=O) groups excluding carboxylic acids is 1. The van der Waals surface area contributed by atoms with Crippen LogP contribution in [0.3, 0.4) is 0 Å². The van der Waals surface area contributed by atoms with E-state index in [1.165, 1.54) is 10.7 Å². The average Bonchev–Trinajstić information content (AvgIpc) is 2.94. The van der Waals surface area contributed by atoms with Gasteiger partial charge in [0.05, 0.1) is 5.69 Å². The molecule has 2 aromatic heterocycles. The van der Waals surface area contributed by atoms with Crippen molar-refractivity contribution < 1.29 is 4.79 Å². The molecule has 0 aliphatic heterocycles. The minimum Gasteiger partial charge on any atom is -0.378 e. The average molecular weight is 352 g/mol. The first-order valence-electron chi connectivity index (χ1n) is 8.07. The number of rotatable bonds is 4. The summed E-state index contributed by atoms with van der Waals surface area (Å²) < 4.78 is 1.41. The Morgan fingerprint density at radius 1 is 1.12 bits per heavy atom. The van der Waals surface area contributed by atoms with Gasteiger partial charge in [-0.05, 0) is 38.1 Å². The molecular weight excluding hydrogens is 332 g/mol. The highest BCUT2D eigenvalue weighted by molar-refractivity contribution is 6.04. The zero-order chi connectivity index (χ0) is 18.8. The van der Waals surface area contributed by atoms with Gasteiger partial charge in [-0.1, -0.05) is 0 Å². The molecule has 0 saturated carbocycles. The van der Waals surface area contributed by atoms with Gasteiger partial charge in [0.15, 0.2) is 0 Å². The van der Waals surface area contributed by atoms with E-state index in [0.717, 1.165) is 5.69 Å². The third-order valence-electron chi connectivity index (χ3n) is 3.78. The highest BCUT2D eigenvalue weighted by Crippen LogP contribution is 2.17. The van der Waals surface area contributed by atoms with Crippen LogP contribution in [0.5, 0.6) is 0 Å². The molecule has 0 saturated heterocycles. The van der Waals surface area contributed by atoms with Gasteiger partial charge in [0.2, 0.25) is 5.95 Å². The third kappa shape index (κ3) is 3.64. The van der Waals surface area contributed by atoms with Crippen molar-refractivity contribution in [2.75, 3.05) is 24.3 Å². The molecule has 0 unspecified atom stereocenters. The second kappa shape index (κ2) is 6.83. The molecule has 2 N–H and O–H groups in total. The zero-order valence-corrected chi connectivity index (χ0v) is 15.1. The van der Waals surface area contributed by atoms with Crippen molar-refractivity contribution in [2.45, 2.75) is 13.8 Å². The second-order valence-electron chi connectivity index (χ2n) is 6.19. The number of aromatic amines is 1. The first-order chi connectivity index (χ1) is 12.3. The monoisotopic (exact) mass is 352 g/mol. The second-order valence-corrected chi connectivity index (χ2v) is 6.19. The predicted molar refractivity (Wildman–Crippen MR) is 100 cm³/mol. The van der Waals surface area contributed by atoms with Crippen LogP contribution in [-0.2, 0) is 0 Å². The number of hydrogen-bond acceptors (Lipinski definition) is 5. The summed E-state index contributed by atoms with van der Waals surface area (Å²) in [5.74, 6) is 0.408. The largest absolute Gasteiger partial charge is 0.378 e. The van der Waals surface area contributed by atoms with Crippen LogP contribution in [0.4, 0.5) is 11.5 Å². The molecule has 1 aromatic carbocycles. The van der Waals surface area contributed by atoms with E-state index in [4.69, 9.17) is 0 Å². The van der Waals surface area contributed by atoms with Gasteiger partial charge in [-0.3, -0.25) is 14.6 Å². The third-order valence-corrected chi connectivity index (χ3v) is 3.78. The lowest BCUT2D eigenvalue weighted by Gasteiger charge is -2.13. The molecule has 3 rings (SSSR count). The van der Waals surface area contributed by atoms with Crippen molar-refractivity contribution in [3.63, 3.8) is 0 Å². The molecule has 134 valence electrons. The van der Waals surface area contributed by atoms with E-state index in [1.807, 2.05) is 31.1 Å². The van der Waals surface area contributed by atoms with E-state index in [1.54, 1.807) is 32.0 Å². The summed E-state index contributed by atoms with van der Waals surface area (Å²) >= 11 is 0. The SMILES string of the molecule is Cc1cc(=O)[nH]c(-n2nc(C)cc2NC(=O)c2ccc(N(C)C)cc2)n1. The Labute approximate surface area is 150 Å². The summed E-state index contributed by atoms with van der Waals surface area (Å²) in [5.41, 5.74) is 2.49. The highest BCUT2D eigenvalue weighted by atomic mass is 16.1. The minimum absolute atomic E-state index is 0.251. The number of anilines is 2. The maximum atomic E-state index is 12.6. The van der Waals surface area contributed by atoms with Crippen LogP contribution < -0.4 is 15.8 Å². The van der Waals surface area contributed by atoms with E-state index in [2.05, 4.69) is 20.4 Å². The Hall–Kier alpha value is -3.42. The quantitative estimate of drug-likeness (QED) is 0.747. The number of carbonyl (C=O) groups is 1. The molecule has 0 bridgehead atoms. The number of aryl methyl sites for hydroxylation is 2. The van der Waals surface area contributed by atoms with Crippen molar-refractivity contribution in [2.24, 2.45) is 0 Å². The van der Waals surface area contributed by atoms with Crippen LogP contribution in [0, 0.1) is 13.8 Å². The molecule has 26 heavy (non-hydrogen) atoms. The number of amides is 1. The van der Waals surface area contributed by atoms with Crippen LogP contribution >= 0.6 is 0 Å². The summed E-state index contributed by atoms with van der Waals surface area (Å²) in [5, 5.41) is 7.13. The van der Waals surface area contributed by atoms with Crippen LogP contribution in [-0.4, -0.2) is 39.8 Å². The molecule has 0 aliphatic carbocycles. The molecule has 1 amide bonds. The lowest BCUT2D eigenvalue weighted by molar-refractivity contribution is 0.102. The number of nitrogens with one attached hydrogen (secondary N) is 2. The van der Waals surface area contributed by atoms with Gasteiger partial charge in [-0.15, -0.1) is 0 Å². The predicted octanol–water partition coefficient (Wildman–Crippen LogP) is 1.89. The maximum Gasteiger partial charge on any atom is 0.256 e. The lowest BCUT2D eigenvalue weighted by Crippen LogP contribution is -2.19. The number of benzene rings is 1. The standard InChI is InChI=1S/C18H20N6O2/c1-11-10-16(25)21-18(19-11)24-15(9-12(2)22-24)20-17(26)13-5-7-14(8-6-13)23(3)4/h5-10H,1-4H3,(H,20,26)(H,19,21,25). The molecule has 0 spiro atoms. The van der Waals surface area contributed by atoms with E-state index in [0.29, 0.717) is 22.8 Å². The Balaban J connectivity index is 1.90. The van der Waals surface area contributed by atoms with Crippen molar-refractivity contribution >= 4 is 17.4 Å². The van der Waals surface area contributed by atoms with Gasteiger partial charge < -0.3 is 10.2 Å². The molecule has 2 heterocycles.